The van der Waals surface area contributed by atoms with Crippen LogP contribution in [0, 0.1) is 12.8 Å². The van der Waals surface area contributed by atoms with Gasteiger partial charge < -0.3 is 24.8 Å². The molecule has 3 N–H and O–H groups in total. The molecule has 2 aromatic carbocycles. The molecule has 9 nitrogen and oxygen atoms in total. The number of likely N-dealkylation sites (N-methyl/N-ethyl adjacent to an activating group) is 1. The maximum atomic E-state index is 14.1. The molecule has 0 radical (unpaired) electrons. The van der Waals surface area contributed by atoms with Crippen LogP contribution in [0.5, 0.6) is 5.75 Å². The van der Waals surface area contributed by atoms with Gasteiger partial charge in [-0.3, -0.25) is 9.52 Å². The first kappa shape index (κ1) is 30.9. The lowest BCUT2D eigenvalue weighted by Crippen LogP contribution is -2.47. The van der Waals surface area contributed by atoms with Crippen LogP contribution in [0.4, 0.5) is 5.69 Å². The minimum Gasteiger partial charge on any atom is -0.490 e. The average Bonchev–Trinajstić information content (AvgIpc) is 2.90. The number of carbonyl (C=O) groups excluding carboxylic acids is 1. The van der Waals surface area contributed by atoms with Gasteiger partial charge in [-0.25, -0.2) is 8.42 Å². The second-order valence-electron chi connectivity index (χ2n) is 10.5. The van der Waals surface area contributed by atoms with Gasteiger partial charge in [0.2, 0.25) is 0 Å². The third kappa shape index (κ3) is 8.41. The highest BCUT2D eigenvalue weighted by Crippen LogP contribution is 2.29. The van der Waals surface area contributed by atoms with Crippen molar-refractivity contribution in [3.8, 4) is 5.75 Å². The van der Waals surface area contributed by atoms with E-state index >= 15 is 0 Å². The van der Waals surface area contributed by atoms with E-state index in [4.69, 9.17) is 9.47 Å². The number of hydrogen-bond acceptors (Lipinski definition) is 7. The minimum absolute atomic E-state index is 0.0233. The molecule has 3 rings (SSSR count). The number of nitrogens with zero attached hydrogens (tertiary/aromatic N) is 1. The Morgan fingerprint density at radius 1 is 1.13 bits per heavy atom. The highest BCUT2D eigenvalue weighted by Gasteiger charge is 2.30. The van der Waals surface area contributed by atoms with E-state index in [1.54, 1.807) is 48.2 Å². The number of aliphatic hydroxyl groups excluding tert-OH is 1. The molecule has 0 aliphatic carbocycles. The van der Waals surface area contributed by atoms with Gasteiger partial charge in [-0.05, 0) is 77.4 Å². The lowest BCUT2D eigenvalue weighted by atomic mass is 10.0. The molecule has 0 bridgehead atoms. The molecular formula is C29H43N3O6S. The molecule has 1 aliphatic rings. The first-order valence-corrected chi connectivity index (χ1v) is 15.1. The number of anilines is 1. The third-order valence-corrected chi connectivity index (χ3v) is 8.44. The largest absolute Gasteiger partial charge is 0.490 e. The van der Waals surface area contributed by atoms with Crippen molar-refractivity contribution in [2.45, 2.75) is 70.1 Å². The Kier molecular flexibility index (Phi) is 11.2. The first-order valence-electron chi connectivity index (χ1n) is 13.6. The Morgan fingerprint density at radius 2 is 1.85 bits per heavy atom. The number of rotatable bonds is 7. The molecule has 0 aromatic heterocycles. The maximum Gasteiger partial charge on any atom is 0.261 e. The van der Waals surface area contributed by atoms with Crippen LogP contribution >= 0.6 is 0 Å². The van der Waals surface area contributed by atoms with E-state index < -0.39 is 16.1 Å². The van der Waals surface area contributed by atoms with Crippen molar-refractivity contribution in [1.82, 2.24) is 10.2 Å². The molecule has 1 amide bonds. The van der Waals surface area contributed by atoms with Gasteiger partial charge >= 0.3 is 0 Å². The van der Waals surface area contributed by atoms with Crippen molar-refractivity contribution in [2.75, 3.05) is 38.1 Å². The summed E-state index contributed by atoms with van der Waals surface area (Å²) in [7, 11) is -2.00. The molecule has 39 heavy (non-hydrogen) atoms. The molecule has 0 unspecified atom stereocenters. The number of ether oxygens (including phenoxy) is 2. The van der Waals surface area contributed by atoms with Gasteiger partial charge in [0.15, 0.2) is 0 Å². The second-order valence-corrected chi connectivity index (χ2v) is 12.2. The van der Waals surface area contributed by atoms with Crippen molar-refractivity contribution < 1.29 is 27.8 Å². The topological polar surface area (TPSA) is 117 Å². The Labute approximate surface area is 232 Å². The second kappa shape index (κ2) is 14.1. The van der Waals surface area contributed by atoms with Crippen LogP contribution in [0.3, 0.4) is 0 Å². The number of benzene rings is 2. The lowest BCUT2D eigenvalue weighted by molar-refractivity contribution is -0.000450. The molecule has 1 aliphatic heterocycles. The van der Waals surface area contributed by atoms with Crippen LogP contribution in [0.15, 0.2) is 47.4 Å². The lowest BCUT2D eigenvalue weighted by Gasteiger charge is -2.34. The molecule has 0 fully saturated rings. The predicted molar refractivity (Wildman–Crippen MR) is 153 cm³/mol. The van der Waals surface area contributed by atoms with Crippen molar-refractivity contribution in [1.29, 1.82) is 0 Å². The number of amides is 1. The van der Waals surface area contributed by atoms with Gasteiger partial charge in [0.1, 0.15) is 5.75 Å². The van der Waals surface area contributed by atoms with Crippen LogP contribution in [0.2, 0.25) is 0 Å². The smallest absolute Gasteiger partial charge is 0.261 e. The van der Waals surface area contributed by atoms with Crippen LogP contribution in [-0.4, -0.2) is 75.9 Å². The number of aryl methyl sites for hydroxylation is 1. The number of nitrogens with one attached hydrogen (secondary N) is 2. The zero-order valence-corrected chi connectivity index (χ0v) is 24.5. The number of carbonyl (C=O) groups is 1. The average molecular weight is 562 g/mol. The zero-order valence-electron chi connectivity index (χ0n) is 23.6. The van der Waals surface area contributed by atoms with Gasteiger partial charge in [0.25, 0.3) is 15.9 Å². The molecule has 2 aromatic rings. The maximum absolute atomic E-state index is 14.1. The molecule has 1 heterocycles. The van der Waals surface area contributed by atoms with Crippen molar-refractivity contribution in [3.63, 3.8) is 0 Å². The fraction of sp³-hybridized carbons (Fsp3) is 0.552. The van der Waals surface area contributed by atoms with Crippen LogP contribution in [-0.2, 0) is 14.8 Å². The van der Waals surface area contributed by atoms with Gasteiger partial charge in [-0.2, -0.15) is 0 Å². The summed E-state index contributed by atoms with van der Waals surface area (Å²) in [5, 5.41) is 13.2. The van der Waals surface area contributed by atoms with Crippen molar-refractivity contribution in [2.24, 2.45) is 5.92 Å². The minimum atomic E-state index is -3.87. The van der Waals surface area contributed by atoms with Crippen molar-refractivity contribution in [3.05, 3.63) is 53.6 Å². The summed E-state index contributed by atoms with van der Waals surface area (Å²) in [5.74, 6) is 0.0146. The summed E-state index contributed by atoms with van der Waals surface area (Å²) in [6.45, 7) is 9.04. The Balaban J connectivity index is 2.02. The van der Waals surface area contributed by atoms with Crippen molar-refractivity contribution >= 4 is 21.6 Å². The fourth-order valence-corrected chi connectivity index (χ4v) is 5.66. The van der Waals surface area contributed by atoms with E-state index in [0.29, 0.717) is 25.4 Å². The Bertz CT molecular complexity index is 1190. The molecule has 10 heteroatoms. The molecule has 0 saturated heterocycles. The van der Waals surface area contributed by atoms with Gasteiger partial charge in [-0.1, -0.05) is 24.6 Å². The van der Waals surface area contributed by atoms with Gasteiger partial charge in [-0.15, -0.1) is 0 Å². The van der Waals surface area contributed by atoms with Gasteiger partial charge in [0, 0.05) is 31.3 Å². The number of fused-ring (bicyclic) bond motifs is 1. The first-order chi connectivity index (χ1) is 18.6. The van der Waals surface area contributed by atoms with E-state index in [2.05, 4.69) is 10.0 Å². The highest BCUT2D eigenvalue weighted by atomic mass is 32.2. The summed E-state index contributed by atoms with van der Waals surface area (Å²) in [6, 6.07) is 10.8. The summed E-state index contributed by atoms with van der Waals surface area (Å²) in [5.41, 5.74) is 1.44. The monoisotopic (exact) mass is 561 g/mol. The van der Waals surface area contributed by atoms with E-state index in [-0.39, 0.29) is 46.8 Å². The zero-order chi connectivity index (χ0) is 28.6. The highest BCUT2D eigenvalue weighted by molar-refractivity contribution is 7.92. The van der Waals surface area contributed by atoms with E-state index in [1.807, 2.05) is 27.8 Å². The molecule has 0 saturated carbocycles. The standard InChI is InChI=1S/C29H43N3O6S/c1-20-9-12-25(13-10-20)39(35,36)31-24-11-14-27-26(16-24)29(34)32(22(3)19-33)18-21(2)28(17-30-5)37-15-7-6-8-23(4)38-27/h9-14,16,21-23,28,30-31,33H,6-8,15,17-19H2,1-5H3/t21-,22-,23-,28-/m0/s1. The van der Waals surface area contributed by atoms with Crippen LogP contribution < -0.4 is 14.8 Å². The molecule has 216 valence electrons. The van der Waals surface area contributed by atoms with Gasteiger partial charge in [0.05, 0.1) is 35.3 Å². The quantitative estimate of drug-likeness (QED) is 0.471. The predicted octanol–water partition coefficient (Wildman–Crippen LogP) is 3.81. The molecule has 4 atom stereocenters. The fourth-order valence-electron chi connectivity index (χ4n) is 4.61. The third-order valence-electron chi connectivity index (χ3n) is 7.04. The summed E-state index contributed by atoms with van der Waals surface area (Å²) >= 11 is 0. The molecular weight excluding hydrogens is 518 g/mol. The SMILES string of the molecule is CNC[C@@H]1OCCCC[C@H](C)Oc2ccc(NS(=O)(=O)c3ccc(C)cc3)cc2C(=O)N([C@@H](C)CO)C[C@@H]1C. The summed E-state index contributed by atoms with van der Waals surface area (Å²) in [6.07, 6.45) is 2.31. The number of sulfonamides is 1. The van der Waals surface area contributed by atoms with E-state index in [0.717, 1.165) is 24.8 Å². The van der Waals surface area contributed by atoms with Crippen LogP contribution in [0.1, 0.15) is 56.0 Å². The molecule has 0 spiro atoms. The number of aliphatic hydroxyl groups is 1. The summed E-state index contributed by atoms with van der Waals surface area (Å²) in [4.78, 5) is 15.8. The summed E-state index contributed by atoms with van der Waals surface area (Å²) < 4.78 is 41.1. The van der Waals surface area contributed by atoms with E-state index in [9.17, 15) is 18.3 Å². The Hall–Kier alpha value is -2.66. The Morgan fingerprint density at radius 3 is 2.51 bits per heavy atom. The number of hydrogen-bond donors (Lipinski definition) is 3. The van der Waals surface area contributed by atoms with Crippen LogP contribution in [0.25, 0.3) is 0 Å². The normalized spacial score (nSPS) is 22.4. The van der Waals surface area contributed by atoms with E-state index in [1.165, 1.54) is 6.07 Å².